The number of ether oxygens (including phenoxy) is 1. The van der Waals surface area contributed by atoms with E-state index < -0.39 is 50.0 Å². The van der Waals surface area contributed by atoms with E-state index >= 15 is 0 Å². The minimum atomic E-state index is -4.13. The zero-order valence-corrected chi connectivity index (χ0v) is 21.2. The van der Waals surface area contributed by atoms with Crippen molar-refractivity contribution in [2.45, 2.75) is 37.4 Å². The van der Waals surface area contributed by atoms with E-state index in [-0.39, 0.29) is 24.6 Å². The number of nitrogens with one attached hydrogen (secondary N) is 1. The first-order valence-corrected chi connectivity index (χ1v) is 13.3. The van der Waals surface area contributed by atoms with Gasteiger partial charge in [0.15, 0.2) is 18.1 Å². The van der Waals surface area contributed by atoms with E-state index in [1.807, 2.05) is 9.88 Å². The minimum Gasteiger partial charge on any atom is -0.387 e. The fourth-order valence-corrected chi connectivity index (χ4v) is 4.63. The molecule has 2 heterocycles. The normalized spacial score (nSPS) is 23.0. The zero-order valence-electron chi connectivity index (χ0n) is 20.3. The van der Waals surface area contributed by atoms with Crippen molar-refractivity contribution >= 4 is 19.5 Å². The molecule has 37 heavy (non-hydrogen) atoms. The van der Waals surface area contributed by atoms with Gasteiger partial charge in [0.1, 0.15) is 18.3 Å². The van der Waals surface area contributed by atoms with Crippen molar-refractivity contribution in [3.05, 3.63) is 33.1 Å². The largest absolute Gasteiger partial charge is 0.387 e. The average molecular weight is 550 g/mol. The molecule has 0 aromatic carbocycles. The predicted molar refractivity (Wildman–Crippen MR) is 135 cm³/mol. The van der Waals surface area contributed by atoms with Gasteiger partial charge in [-0.1, -0.05) is 0 Å². The highest BCUT2D eigenvalue weighted by Crippen LogP contribution is 2.43. The van der Waals surface area contributed by atoms with E-state index in [1.165, 1.54) is 0 Å². The fraction of sp³-hybridized carbons (Fsp3) is 0.684. The second-order valence-electron chi connectivity index (χ2n) is 8.38. The number of aromatic amines is 1. The van der Waals surface area contributed by atoms with Gasteiger partial charge >= 0.3 is 13.3 Å². The number of rotatable bonds is 15. The Morgan fingerprint density at radius 2 is 1.68 bits per heavy atom. The Hall–Kier alpha value is -2.79. The zero-order chi connectivity index (χ0) is 27.6. The Bertz CT molecular complexity index is 1060. The minimum absolute atomic E-state index is 0.0262. The summed E-state index contributed by atoms with van der Waals surface area (Å²) in [7, 11) is -4.13. The number of aliphatic hydroxyl groups is 2. The first-order chi connectivity index (χ1) is 17.4. The van der Waals surface area contributed by atoms with Gasteiger partial charge in [0.25, 0.3) is 5.56 Å². The van der Waals surface area contributed by atoms with Gasteiger partial charge in [-0.3, -0.25) is 28.9 Å². The van der Waals surface area contributed by atoms with Crippen LogP contribution in [-0.2, 0) is 13.8 Å². The number of aromatic nitrogens is 2. The van der Waals surface area contributed by atoms with E-state index in [4.69, 9.17) is 32.2 Å². The number of hydrogen-bond donors (Lipinski definition) is 8. The van der Waals surface area contributed by atoms with Gasteiger partial charge in [-0.2, -0.15) is 0 Å². The highest BCUT2D eigenvalue weighted by molar-refractivity contribution is 7.52. The lowest BCUT2D eigenvalue weighted by molar-refractivity contribution is -0.0525. The number of guanidine groups is 2. The van der Waals surface area contributed by atoms with Crippen molar-refractivity contribution in [1.29, 1.82) is 0 Å². The van der Waals surface area contributed by atoms with Crippen molar-refractivity contribution in [1.82, 2.24) is 14.5 Å². The lowest BCUT2D eigenvalue weighted by Gasteiger charge is -2.24. The van der Waals surface area contributed by atoms with Crippen molar-refractivity contribution in [3.8, 4) is 0 Å². The summed E-state index contributed by atoms with van der Waals surface area (Å²) in [5, 5.41) is 20.6. The Balaban J connectivity index is 1.91. The molecule has 2 rings (SSSR count). The molecule has 1 aliphatic rings. The molecule has 1 fully saturated rings. The smallest absolute Gasteiger partial charge is 0.330 e. The fourth-order valence-electron chi connectivity index (χ4n) is 3.59. The number of hydrogen-bond acceptors (Lipinski definition) is 10. The summed E-state index contributed by atoms with van der Waals surface area (Å²) in [6, 6.07) is 1.05. The molecule has 3 unspecified atom stereocenters. The second kappa shape index (κ2) is 14.2. The van der Waals surface area contributed by atoms with Crippen LogP contribution in [0.4, 0.5) is 0 Å². The highest BCUT2D eigenvalue weighted by atomic mass is 31.2. The lowest BCUT2D eigenvalue weighted by Crippen LogP contribution is -2.37. The maximum Gasteiger partial charge on any atom is 0.330 e. The average Bonchev–Trinajstić information content (AvgIpc) is 3.09. The summed E-state index contributed by atoms with van der Waals surface area (Å²) in [5.74, 6) is -0.0525. The number of aliphatic imine (C=N–C) groups is 2. The molecule has 0 amide bonds. The molecule has 18 heteroatoms. The van der Waals surface area contributed by atoms with Crippen LogP contribution in [0.5, 0.6) is 0 Å². The summed E-state index contributed by atoms with van der Waals surface area (Å²) < 4.78 is 24.2. The molecule has 210 valence electrons. The van der Waals surface area contributed by atoms with Gasteiger partial charge in [-0.05, 0) is 25.9 Å². The van der Waals surface area contributed by atoms with E-state index in [9.17, 15) is 29.3 Å². The number of nitrogens with two attached hydrogens (primary N) is 4. The van der Waals surface area contributed by atoms with Crippen LogP contribution in [0.15, 0.2) is 31.8 Å². The van der Waals surface area contributed by atoms with Gasteiger partial charge in [0.2, 0.25) is 0 Å². The molecule has 5 atom stereocenters. The van der Waals surface area contributed by atoms with E-state index in [2.05, 4.69) is 9.98 Å². The molecule has 0 radical (unpaired) electrons. The molecular formula is C19H36N9O8P. The molecule has 0 spiro atoms. The van der Waals surface area contributed by atoms with Gasteiger partial charge < -0.3 is 52.2 Å². The number of aliphatic hydroxyl groups excluding tert-OH is 2. The molecule has 0 bridgehead atoms. The third kappa shape index (κ3) is 10.2. The third-order valence-corrected chi connectivity index (χ3v) is 6.77. The molecule has 17 nitrogen and oxygen atoms in total. The summed E-state index contributed by atoms with van der Waals surface area (Å²) >= 11 is 0. The number of H-pyrrole nitrogens is 1. The molecule has 0 aliphatic carbocycles. The maximum atomic E-state index is 12.6. The monoisotopic (exact) mass is 549 g/mol. The van der Waals surface area contributed by atoms with Crippen LogP contribution in [0.2, 0.25) is 0 Å². The molecule has 1 saturated heterocycles. The summed E-state index contributed by atoms with van der Waals surface area (Å²) in [6.45, 7) is 1.52. The van der Waals surface area contributed by atoms with Gasteiger partial charge in [0, 0.05) is 31.9 Å². The maximum absolute atomic E-state index is 12.6. The van der Waals surface area contributed by atoms with Crippen LogP contribution < -0.4 is 34.2 Å². The SMILES string of the molecule is NC(N)=NCCCN(CCCN=C(N)N)CCP(=O)(O)OC[C@H]1O[C@@H](n2ccc(=O)[nH]c2=O)C(O)C1O. The van der Waals surface area contributed by atoms with Crippen molar-refractivity contribution in [2.24, 2.45) is 32.9 Å². The van der Waals surface area contributed by atoms with Crippen molar-refractivity contribution in [3.63, 3.8) is 0 Å². The molecule has 1 aliphatic heterocycles. The third-order valence-electron chi connectivity index (χ3n) is 5.46. The first-order valence-electron chi connectivity index (χ1n) is 11.5. The number of nitrogens with zero attached hydrogens (tertiary/aromatic N) is 4. The second-order valence-corrected chi connectivity index (χ2v) is 10.4. The van der Waals surface area contributed by atoms with Gasteiger partial charge in [-0.25, -0.2) is 4.79 Å². The molecule has 1 aromatic heterocycles. The molecule has 1 aromatic rings. The molecule has 0 saturated carbocycles. The lowest BCUT2D eigenvalue weighted by atomic mass is 10.1. The highest BCUT2D eigenvalue weighted by Gasteiger charge is 2.45. The summed E-state index contributed by atoms with van der Waals surface area (Å²) in [4.78, 5) is 45.3. The van der Waals surface area contributed by atoms with Crippen LogP contribution in [0, 0.1) is 0 Å². The quantitative estimate of drug-likeness (QED) is 0.0448. The standard InChI is InChI=1S/C19H36N9O8P/c20-17(21)24-4-1-6-27(7-2-5-25-18(22)23)9-10-37(33,34)35-11-12-14(30)15(31)16(36-12)28-8-3-13(29)26-19(28)32/h3,8,12,14-16,30-31H,1-2,4-7,9-11H2,(H,33,34)(H4,20,21,24)(H4,22,23,25)(H,26,29,32)/t12-,14?,15?,16-/m1/s1. The van der Waals surface area contributed by atoms with Crippen molar-refractivity contribution < 1.29 is 28.9 Å². The van der Waals surface area contributed by atoms with Crippen LogP contribution in [0.25, 0.3) is 0 Å². The van der Waals surface area contributed by atoms with Crippen LogP contribution >= 0.6 is 7.60 Å². The van der Waals surface area contributed by atoms with Gasteiger partial charge in [-0.15, -0.1) is 0 Å². The Labute approximate surface area is 212 Å². The van der Waals surface area contributed by atoms with Gasteiger partial charge in [0.05, 0.1) is 12.8 Å². The topological polar surface area (TPSA) is 283 Å². The molecule has 12 N–H and O–H groups in total. The predicted octanol–water partition coefficient (Wildman–Crippen LogP) is -4.01. The van der Waals surface area contributed by atoms with Crippen LogP contribution in [0.1, 0.15) is 19.1 Å². The van der Waals surface area contributed by atoms with E-state index in [0.717, 1.165) is 16.8 Å². The molecular weight excluding hydrogens is 513 g/mol. The Kier molecular flexibility index (Phi) is 11.7. The Morgan fingerprint density at radius 1 is 1.08 bits per heavy atom. The summed E-state index contributed by atoms with van der Waals surface area (Å²) in [6.07, 6.45) is -3.49. The van der Waals surface area contributed by atoms with E-state index in [1.54, 1.807) is 0 Å². The first kappa shape index (κ1) is 30.4. The van der Waals surface area contributed by atoms with E-state index in [0.29, 0.717) is 39.0 Å². The van der Waals surface area contributed by atoms with Crippen LogP contribution in [-0.4, -0.2) is 105 Å². The Morgan fingerprint density at radius 3 is 2.22 bits per heavy atom. The van der Waals surface area contributed by atoms with Crippen LogP contribution in [0.3, 0.4) is 0 Å². The van der Waals surface area contributed by atoms with Crippen molar-refractivity contribution in [2.75, 3.05) is 45.5 Å². The summed E-state index contributed by atoms with van der Waals surface area (Å²) in [5.41, 5.74) is 19.8.